The number of hydrogen-bond acceptors (Lipinski definition) is 4. The number of halogens is 1. The Labute approximate surface area is 161 Å². The third-order valence-corrected chi connectivity index (χ3v) is 4.42. The van der Waals surface area contributed by atoms with Crippen molar-refractivity contribution >= 4 is 33.5 Å². The molecule has 0 saturated carbocycles. The number of para-hydroxylation sites is 1. The number of nitrogens with one attached hydrogen (secondary N) is 1. The molecule has 0 fully saturated rings. The third-order valence-electron chi connectivity index (χ3n) is 3.73. The van der Waals surface area contributed by atoms with Crippen LogP contribution in [0.3, 0.4) is 0 Å². The Kier molecular flexibility index (Phi) is 7.21. The van der Waals surface area contributed by atoms with Crippen molar-refractivity contribution in [1.82, 2.24) is 0 Å². The minimum atomic E-state index is -0.599. The van der Waals surface area contributed by atoms with E-state index in [1.165, 1.54) is 5.56 Å². The number of benzene rings is 2. The van der Waals surface area contributed by atoms with Crippen LogP contribution in [0, 0.1) is 6.92 Å². The van der Waals surface area contributed by atoms with E-state index in [1.807, 2.05) is 37.3 Å². The Hall–Kier alpha value is -2.34. The summed E-state index contributed by atoms with van der Waals surface area (Å²) in [6.45, 7) is 5.64. The molecule has 0 atom stereocenters. The molecule has 6 heteroatoms. The summed E-state index contributed by atoms with van der Waals surface area (Å²) in [6.07, 6.45) is 0. The number of carbonyl (C=O) groups excluding carboxylic acids is 2. The molecular formula is C20H22BrNO4. The van der Waals surface area contributed by atoms with Crippen LogP contribution in [0.25, 0.3) is 0 Å². The minimum Gasteiger partial charge on any atom is -0.482 e. The molecule has 1 amide bonds. The number of anilines is 1. The van der Waals surface area contributed by atoms with Crippen LogP contribution in [-0.2, 0) is 14.3 Å². The first-order valence-corrected chi connectivity index (χ1v) is 9.09. The van der Waals surface area contributed by atoms with Gasteiger partial charge in [-0.2, -0.15) is 0 Å². The van der Waals surface area contributed by atoms with Gasteiger partial charge in [0.25, 0.3) is 5.91 Å². The van der Waals surface area contributed by atoms with Crippen LogP contribution < -0.4 is 10.1 Å². The van der Waals surface area contributed by atoms with E-state index in [0.717, 1.165) is 10.0 Å². The van der Waals surface area contributed by atoms with E-state index in [4.69, 9.17) is 9.47 Å². The zero-order chi connectivity index (χ0) is 19.1. The molecule has 0 unspecified atom stereocenters. The monoisotopic (exact) mass is 419 g/mol. The van der Waals surface area contributed by atoms with E-state index in [2.05, 4.69) is 35.1 Å². The molecule has 0 spiro atoms. The highest BCUT2D eigenvalue weighted by atomic mass is 79.9. The van der Waals surface area contributed by atoms with Crippen LogP contribution in [0.2, 0.25) is 0 Å². The summed E-state index contributed by atoms with van der Waals surface area (Å²) in [7, 11) is 0. The lowest BCUT2D eigenvalue weighted by Gasteiger charge is -2.12. The standard InChI is InChI=1S/C20H22BrNO4/c1-13(2)16-9-8-15(10-14(16)3)25-12-20(24)26-11-19(23)22-18-7-5-4-6-17(18)21/h4-10,13H,11-12H2,1-3H3,(H,22,23). The first kappa shape index (κ1) is 20.0. The molecule has 2 aromatic carbocycles. The predicted octanol–water partition coefficient (Wildman–Crippen LogP) is 4.44. The van der Waals surface area contributed by atoms with Gasteiger partial charge in [-0.15, -0.1) is 0 Å². The summed E-state index contributed by atoms with van der Waals surface area (Å²) in [5.74, 6) is 0.0129. The van der Waals surface area contributed by atoms with Gasteiger partial charge >= 0.3 is 5.97 Å². The summed E-state index contributed by atoms with van der Waals surface area (Å²) in [6, 6.07) is 12.9. The highest BCUT2D eigenvalue weighted by Gasteiger charge is 2.11. The van der Waals surface area contributed by atoms with Crippen LogP contribution in [0.5, 0.6) is 5.75 Å². The number of carbonyl (C=O) groups is 2. The van der Waals surface area contributed by atoms with Gasteiger partial charge in [0, 0.05) is 4.47 Å². The van der Waals surface area contributed by atoms with Crippen LogP contribution in [-0.4, -0.2) is 25.1 Å². The van der Waals surface area contributed by atoms with E-state index in [1.54, 1.807) is 12.1 Å². The lowest BCUT2D eigenvalue weighted by Crippen LogP contribution is -2.23. The van der Waals surface area contributed by atoms with Crippen LogP contribution >= 0.6 is 15.9 Å². The van der Waals surface area contributed by atoms with Crippen molar-refractivity contribution in [2.75, 3.05) is 18.5 Å². The maximum absolute atomic E-state index is 11.8. The molecular weight excluding hydrogens is 398 g/mol. The average Bonchev–Trinajstić information content (AvgIpc) is 2.60. The fourth-order valence-corrected chi connectivity index (χ4v) is 2.85. The number of amides is 1. The van der Waals surface area contributed by atoms with E-state index in [0.29, 0.717) is 17.4 Å². The summed E-state index contributed by atoms with van der Waals surface area (Å²) < 4.78 is 11.1. The lowest BCUT2D eigenvalue weighted by molar-refractivity contribution is -0.149. The fourth-order valence-electron chi connectivity index (χ4n) is 2.46. The van der Waals surface area contributed by atoms with Gasteiger partial charge < -0.3 is 14.8 Å². The van der Waals surface area contributed by atoms with Crippen molar-refractivity contribution in [2.45, 2.75) is 26.7 Å². The highest BCUT2D eigenvalue weighted by molar-refractivity contribution is 9.10. The van der Waals surface area contributed by atoms with E-state index < -0.39 is 11.9 Å². The summed E-state index contributed by atoms with van der Waals surface area (Å²) in [5, 5.41) is 2.66. The van der Waals surface area contributed by atoms with Gasteiger partial charge in [-0.3, -0.25) is 4.79 Å². The normalized spacial score (nSPS) is 10.5. The zero-order valence-corrected chi connectivity index (χ0v) is 16.6. The van der Waals surface area contributed by atoms with Gasteiger partial charge in [-0.05, 0) is 64.2 Å². The topological polar surface area (TPSA) is 64.6 Å². The molecule has 0 heterocycles. The highest BCUT2D eigenvalue weighted by Crippen LogP contribution is 2.23. The number of esters is 1. The van der Waals surface area contributed by atoms with Crippen molar-refractivity contribution < 1.29 is 19.1 Å². The molecule has 5 nitrogen and oxygen atoms in total. The molecule has 26 heavy (non-hydrogen) atoms. The van der Waals surface area contributed by atoms with Crippen molar-refractivity contribution in [1.29, 1.82) is 0 Å². The third kappa shape index (κ3) is 5.88. The SMILES string of the molecule is Cc1cc(OCC(=O)OCC(=O)Nc2ccccc2Br)ccc1C(C)C. The molecule has 2 rings (SSSR count). The predicted molar refractivity (Wildman–Crippen MR) is 104 cm³/mol. The van der Waals surface area contributed by atoms with Crippen molar-refractivity contribution in [3.05, 3.63) is 58.1 Å². The quantitative estimate of drug-likeness (QED) is 0.673. The lowest BCUT2D eigenvalue weighted by atomic mass is 9.98. The van der Waals surface area contributed by atoms with Crippen molar-refractivity contribution in [2.24, 2.45) is 0 Å². The van der Waals surface area contributed by atoms with Crippen LogP contribution in [0.1, 0.15) is 30.9 Å². The summed E-state index contributed by atoms with van der Waals surface area (Å²) >= 11 is 3.33. The molecule has 0 aliphatic heterocycles. The Bertz CT molecular complexity index is 789. The maximum atomic E-state index is 11.8. The molecule has 138 valence electrons. The number of aryl methyl sites for hydroxylation is 1. The maximum Gasteiger partial charge on any atom is 0.344 e. The van der Waals surface area contributed by atoms with Crippen LogP contribution in [0.15, 0.2) is 46.9 Å². The van der Waals surface area contributed by atoms with Gasteiger partial charge in [0.15, 0.2) is 13.2 Å². The molecule has 0 bridgehead atoms. The smallest absolute Gasteiger partial charge is 0.344 e. The molecule has 0 saturated heterocycles. The number of hydrogen-bond donors (Lipinski definition) is 1. The number of rotatable bonds is 7. The Balaban J connectivity index is 1.78. The largest absolute Gasteiger partial charge is 0.482 e. The zero-order valence-electron chi connectivity index (χ0n) is 15.0. The first-order valence-electron chi connectivity index (χ1n) is 8.30. The second kappa shape index (κ2) is 9.38. The summed E-state index contributed by atoms with van der Waals surface area (Å²) in [5.41, 5.74) is 2.97. The molecule has 2 aromatic rings. The molecule has 0 aliphatic carbocycles. The second-order valence-corrected chi connectivity index (χ2v) is 7.00. The van der Waals surface area contributed by atoms with Gasteiger partial charge in [-0.25, -0.2) is 4.79 Å². The van der Waals surface area contributed by atoms with E-state index >= 15 is 0 Å². The van der Waals surface area contributed by atoms with Crippen molar-refractivity contribution in [3.8, 4) is 5.75 Å². The molecule has 1 N–H and O–H groups in total. The molecule has 0 aliphatic rings. The van der Waals surface area contributed by atoms with Crippen LogP contribution in [0.4, 0.5) is 5.69 Å². The van der Waals surface area contributed by atoms with Gasteiger partial charge in [0.1, 0.15) is 5.75 Å². The number of ether oxygens (including phenoxy) is 2. The fraction of sp³-hybridized carbons (Fsp3) is 0.300. The Morgan fingerprint density at radius 3 is 2.50 bits per heavy atom. The minimum absolute atomic E-state index is 0.247. The van der Waals surface area contributed by atoms with Crippen molar-refractivity contribution in [3.63, 3.8) is 0 Å². The molecule has 0 aromatic heterocycles. The Morgan fingerprint density at radius 1 is 1.12 bits per heavy atom. The average molecular weight is 420 g/mol. The van der Waals surface area contributed by atoms with Gasteiger partial charge in [-0.1, -0.05) is 32.0 Å². The first-order chi connectivity index (χ1) is 12.4. The van der Waals surface area contributed by atoms with Gasteiger partial charge in [0.2, 0.25) is 0 Å². The Morgan fingerprint density at radius 2 is 1.85 bits per heavy atom. The van der Waals surface area contributed by atoms with E-state index in [-0.39, 0.29) is 13.2 Å². The van der Waals surface area contributed by atoms with E-state index in [9.17, 15) is 9.59 Å². The second-order valence-electron chi connectivity index (χ2n) is 6.15. The molecule has 0 radical (unpaired) electrons. The summed E-state index contributed by atoms with van der Waals surface area (Å²) in [4.78, 5) is 23.6. The van der Waals surface area contributed by atoms with Gasteiger partial charge in [0.05, 0.1) is 5.69 Å².